The summed E-state index contributed by atoms with van der Waals surface area (Å²) < 4.78 is -20.0. The second-order valence-corrected chi connectivity index (χ2v) is 19.4. The first-order valence-electron chi connectivity index (χ1n) is 8.54. The maximum absolute atomic E-state index is 6.65. The van der Waals surface area contributed by atoms with Gasteiger partial charge in [-0.1, -0.05) is 228 Å². The van der Waals surface area contributed by atoms with Gasteiger partial charge in [-0.15, -0.1) is 0 Å². The van der Waals surface area contributed by atoms with Crippen LogP contribution in [0.1, 0.15) is 30.0 Å². The Bertz CT molecular complexity index is 905. The van der Waals surface area contributed by atoms with Crippen LogP contribution in [-0.2, 0) is 8.67 Å². The number of hydrogen-bond acceptors (Lipinski definition) is 0. The van der Waals surface area contributed by atoms with Crippen molar-refractivity contribution in [2.45, 2.75) is 46.9 Å². The quantitative estimate of drug-likeness (QED) is 0.229. The molecule has 0 aliphatic carbocycles. The van der Waals surface area contributed by atoms with Gasteiger partial charge in [0.15, 0.2) is 17.3 Å². The third-order valence-electron chi connectivity index (χ3n) is 4.47. The summed E-state index contributed by atoms with van der Waals surface area (Å²) in [5.74, 6) is 0. The summed E-state index contributed by atoms with van der Waals surface area (Å²) >= 11 is 112. The molecule has 1 rings (SSSR count). The van der Waals surface area contributed by atoms with Gasteiger partial charge in [0.05, 0.1) is 0 Å². The lowest BCUT2D eigenvalue weighted by Crippen LogP contribution is -2.55. The van der Waals surface area contributed by atoms with Crippen LogP contribution in [0, 0.1) is 6.42 Å². The van der Waals surface area contributed by atoms with Gasteiger partial charge in [0.1, 0.15) is 0 Å². The van der Waals surface area contributed by atoms with Crippen LogP contribution in [0.3, 0.4) is 0 Å². The number of rotatable bonds is 8. The molecule has 0 unspecified atom stereocenters. The fourth-order valence-electron chi connectivity index (χ4n) is 2.52. The van der Waals surface area contributed by atoms with Crippen LogP contribution in [0.5, 0.6) is 0 Å². The number of hydrogen-bond donors (Lipinski definition) is 0. The number of halogens is 18. The molecule has 35 heavy (non-hydrogen) atoms. The molecule has 0 saturated carbocycles. The summed E-state index contributed by atoms with van der Waals surface area (Å²) in [6, 6.07) is 4.09. The van der Waals surface area contributed by atoms with E-state index in [2.05, 4.69) is 0 Å². The molecule has 0 bridgehead atoms. The van der Waals surface area contributed by atoms with Crippen LogP contribution in [-0.4, -0.2) is 24.9 Å². The predicted molar refractivity (Wildman–Crippen MR) is 165 cm³/mol. The average Bonchev–Trinajstić information content (AvgIpc) is 2.65. The van der Waals surface area contributed by atoms with Gasteiger partial charge in [-0.2, -0.15) is 0 Å². The molecule has 0 saturated heterocycles. The molecule has 0 N–H and O–H groups in total. The highest BCUT2D eigenvalue weighted by molar-refractivity contribution is 6.81. The molecule has 203 valence electrons. The van der Waals surface area contributed by atoms with Crippen molar-refractivity contribution in [1.82, 2.24) is 0 Å². The summed E-state index contributed by atoms with van der Waals surface area (Å²) in [6.45, 7) is 1.82. The van der Waals surface area contributed by atoms with Crippen LogP contribution >= 0.6 is 209 Å². The summed E-state index contributed by atoms with van der Waals surface area (Å²) in [5, 5.41) is 0. The van der Waals surface area contributed by atoms with Crippen LogP contribution < -0.4 is 0 Å². The Morgan fingerprint density at radius 3 is 1.26 bits per heavy atom. The minimum Gasteiger partial charge on any atom is -0.0943 e. The fourth-order valence-corrected chi connectivity index (χ4v) is 7.03. The molecule has 0 fully saturated rings. The van der Waals surface area contributed by atoms with Crippen LogP contribution in [0.15, 0.2) is 18.2 Å². The van der Waals surface area contributed by atoms with Crippen molar-refractivity contribution in [1.29, 1.82) is 0 Å². The number of alkyl halides is 18. The summed E-state index contributed by atoms with van der Waals surface area (Å²) in [6.07, 6.45) is 2.18. The second kappa shape index (κ2) is 12.2. The molecule has 0 aromatic heterocycles. The molecule has 0 aliphatic rings. The van der Waals surface area contributed by atoms with Gasteiger partial charge in [0, 0.05) is 0 Å². The topological polar surface area (TPSA) is 0 Å². The van der Waals surface area contributed by atoms with E-state index in [4.69, 9.17) is 209 Å². The summed E-state index contributed by atoms with van der Waals surface area (Å²) in [7, 11) is 0. The number of benzene rings is 1. The predicted octanol–water partition coefficient (Wildman–Crippen LogP) is 13.3. The molecule has 0 atom stereocenters. The van der Waals surface area contributed by atoms with E-state index in [0.29, 0.717) is 12.0 Å². The minimum absolute atomic E-state index is 0.0523. The standard InChI is InChI=1S/C17H9Cl18/c1-2-3-7-4-5-8(10(18,19)12(22,23)14(26,27)16(30,31)32)6-9(7)11(20,21)13(24,25)15(28,29)17(33,34)35/h3-6H,2H2,1H3. The zero-order valence-corrected chi connectivity index (χ0v) is 29.9. The normalized spacial score (nSPS) is 15.5. The van der Waals surface area contributed by atoms with Crippen LogP contribution in [0.25, 0.3) is 0 Å². The Morgan fingerprint density at radius 1 is 0.543 bits per heavy atom. The van der Waals surface area contributed by atoms with Gasteiger partial charge in [0.2, 0.25) is 16.3 Å². The molecule has 1 radical (unpaired) electrons. The molecule has 0 aliphatic heterocycles. The minimum atomic E-state index is -2.59. The lowest BCUT2D eigenvalue weighted by atomic mass is 9.92. The highest BCUT2D eigenvalue weighted by atomic mass is 35.6. The lowest BCUT2D eigenvalue weighted by Gasteiger charge is -2.46. The lowest BCUT2D eigenvalue weighted by molar-refractivity contribution is 0.588. The van der Waals surface area contributed by atoms with Crippen molar-refractivity contribution in [2.24, 2.45) is 0 Å². The van der Waals surface area contributed by atoms with Crippen LogP contribution in [0.2, 0.25) is 0 Å². The largest absolute Gasteiger partial charge is 0.226 e. The van der Waals surface area contributed by atoms with Gasteiger partial charge in [-0.05, 0) is 35.6 Å². The average molecular weight is 851 g/mol. The molecule has 0 heterocycles. The summed E-state index contributed by atoms with van der Waals surface area (Å²) in [5.41, 5.74) is 0.236. The Labute approximate surface area is 293 Å². The van der Waals surface area contributed by atoms with Crippen LogP contribution in [0.4, 0.5) is 0 Å². The second-order valence-electron chi connectivity index (χ2n) is 6.86. The van der Waals surface area contributed by atoms with E-state index in [0.717, 1.165) is 0 Å². The zero-order chi connectivity index (χ0) is 28.3. The van der Waals surface area contributed by atoms with Gasteiger partial charge >= 0.3 is 0 Å². The molecule has 1 aromatic rings. The molecule has 1 aromatic carbocycles. The highest BCUT2D eigenvalue weighted by Crippen LogP contribution is 2.68. The fraction of sp³-hybridized carbons (Fsp3) is 0.588. The van der Waals surface area contributed by atoms with Crippen molar-refractivity contribution in [3.63, 3.8) is 0 Å². The molecule has 0 amide bonds. The van der Waals surface area contributed by atoms with Crippen molar-refractivity contribution in [3.05, 3.63) is 41.3 Å². The van der Waals surface area contributed by atoms with E-state index in [1.807, 2.05) is 6.92 Å². The Morgan fingerprint density at radius 2 is 0.914 bits per heavy atom. The van der Waals surface area contributed by atoms with E-state index in [-0.39, 0.29) is 11.1 Å². The highest BCUT2D eigenvalue weighted by Gasteiger charge is 2.70. The van der Waals surface area contributed by atoms with Gasteiger partial charge < -0.3 is 0 Å². The SMILES string of the molecule is CC[CH]c1ccc(C(Cl)(Cl)C(Cl)(Cl)C(Cl)(Cl)C(Cl)(Cl)Cl)cc1C(Cl)(Cl)C(Cl)(Cl)C(Cl)(Cl)C(Cl)(Cl)Cl. The molecular weight excluding hydrogens is 842 g/mol. The van der Waals surface area contributed by atoms with E-state index in [1.165, 1.54) is 18.2 Å². The van der Waals surface area contributed by atoms with Gasteiger partial charge in [-0.3, -0.25) is 0 Å². The zero-order valence-electron chi connectivity index (χ0n) is 16.3. The molecule has 0 spiro atoms. The smallest absolute Gasteiger partial charge is 0.0943 e. The molecule has 18 heteroatoms. The van der Waals surface area contributed by atoms with E-state index < -0.39 is 33.6 Å². The monoisotopic (exact) mass is 843 g/mol. The third-order valence-corrected chi connectivity index (χ3v) is 15.4. The van der Waals surface area contributed by atoms with Gasteiger partial charge in [0.25, 0.3) is 0 Å². The first kappa shape index (κ1) is 37.5. The first-order valence-corrected chi connectivity index (χ1v) is 15.3. The van der Waals surface area contributed by atoms with Gasteiger partial charge in [-0.25, -0.2) is 0 Å². The maximum Gasteiger partial charge on any atom is 0.226 e. The molecular formula is C17H9Cl18. The maximum atomic E-state index is 6.65. The molecule has 0 nitrogen and oxygen atoms in total. The summed E-state index contributed by atoms with van der Waals surface area (Å²) in [4.78, 5) is 0. The Kier molecular flexibility index (Phi) is 13.1. The van der Waals surface area contributed by atoms with Crippen molar-refractivity contribution in [3.8, 4) is 0 Å². The Hall–Kier alpha value is 4.44. The third kappa shape index (κ3) is 6.83. The van der Waals surface area contributed by atoms with E-state index >= 15 is 0 Å². The van der Waals surface area contributed by atoms with E-state index in [1.54, 1.807) is 6.42 Å². The van der Waals surface area contributed by atoms with Crippen molar-refractivity contribution in [2.75, 3.05) is 0 Å². The van der Waals surface area contributed by atoms with E-state index in [9.17, 15) is 0 Å². The Balaban J connectivity index is 3.92. The first-order chi connectivity index (χ1) is 15.2. The van der Waals surface area contributed by atoms with Crippen molar-refractivity contribution >= 4 is 209 Å². The van der Waals surface area contributed by atoms with Crippen molar-refractivity contribution < 1.29 is 0 Å².